The lowest BCUT2D eigenvalue weighted by atomic mass is 10.0. The van der Waals surface area contributed by atoms with Crippen LogP contribution in [0.4, 0.5) is 27.9 Å². The fraction of sp³-hybridized carbons (Fsp3) is 0.500. The molecular formula is C24H32N8O4. The molecule has 12 nitrogen and oxygen atoms in total. The smallest absolute Gasteiger partial charge is 0.410 e. The van der Waals surface area contributed by atoms with Gasteiger partial charge in [-0.05, 0) is 63.8 Å². The highest BCUT2D eigenvalue weighted by Gasteiger charge is 2.28. The van der Waals surface area contributed by atoms with E-state index in [9.17, 15) is 14.4 Å². The predicted octanol–water partition coefficient (Wildman–Crippen LogP) is 2.43. The summed E-state index contributed by atoms with van der Waals surface area (Å²) in [6.07, 6.45) is 2.30. The number of primary amides is 1. The minimum Gasteiger partial charge on any atom is -0.444 e. The molecule has 0 radical (unpaired) electrons. The van der Waals surface area contributed by atoms with Crippen molar-refractivity contribution >= 4 is 41.0 Å². The monoisotopic (exact) mass is 496 g/mol. The zero-order valence-electron chi connectivity index (χ0n) is 21.0. The number of aryl methyl sites for hydroxylation is 1. The number of carbonyl (C=O) groups excluding carboxylic acids is 3. The SMILES string of the molecule is CN1C(=O)CCc2cc(Nc3nc(N[C@@H]4CCCN(C(=O)OC(C)(C)C)C4)nnc3C(N)=O)ccc21. The van der Waals surface area contributed by atoms with Crippen LogP contribution in [-0.2, 0) is 16.0 Å². The highest BCUT2D eigenvalue weighted by Crippen LogP contribution is 2.30. The second-order valence-corrected chi connectivity index (χ2v) is 10.0. The van der Waals surface area contributed by atoms with E-state index in [0.717, 1.165) is 24.1 Å². The topological polar surface area (TPSA) is 156 Å². The molecule has 12 heteroatoms. The fourth-order valence-corrected chi connectivity index (χ4v) is 4.28. The molecule has 192 valence electrons. The van der Waals surface area contributed by atoms with Gasteiger partial charge in [-0.1, -0.05) is 0 Å². The minimum atomic E-state index is -0.763. The Labute approximate surface area is 209 Å². The summed E-state index contributed by atoms with van der Waals surface area (Å²) in [6.45, 7) is 6.53. The molecule has 1 atom stereocenters. The first-order chi connectivity index (χ1) is 17.0. The van der Waals surface area contributed by atoms with Crippen molar-refractivity contribution in [3.63, 3.8) is 0 Å². The Hall–Kier alpha value is -3.96. The molecular weight excluding hydrogens is 464 g/mol. The number of anilines is 4. The van der Waals surface area contributed by atoms with Crippen LogP contribution in [0.2, 0.25) is 0 Å². The van der Waals surface area contributed by atoms with Gasteiger partial charge in [0, 0.05) is 44.0 Å². The molecule has 1 aromatic heterocycles. The van der Waals surface area contributed by atoms with E-state index in [1.807, 2.05) is 32.9 Å². The largest absolute Gasteiger partial charge is 0.444 e. The van der Waals surface area contributed by atoms with Crippen LogP contribution >= 0.6 is 0 Å². The van der Waals surface area contributed by atoms with Crippen LogP contribution < -0.4 is 21.3 Å². The zero-order valence-corrected chi connectivity index (χ0v) is 21.0. The average molecular weight is 497 g/mol. The van der Waals surface area contributed by atoms with Gasteiger partial charge in [0.1, 0.15) is 5.60 Å². The third kappa shape index (κ3) is 5.81. The quantitative estimate of drug-likeness (QED) is 0.566. The minimum absolute atomic E-state index is 0.0721. The van der Waals surface area contributed by atoms with Crippen LogP contribution in [0.3, 0.4) is 0 Å². The fourth-order valence-electron chi connectivity index (χ4n) is 4.28. The number of hydrogen-bond acceptors (Lipinski definition) is 9. The van der Waals surface area contributed by atoms with E-state index in [1.165, 1.54) is 0 Å². The summed E-state index contributed by atoms with van der Waals surface area (Å²) >= 11 is 0. The van der Waals surface area contributed by atoms with E-state index < -0.39 is 11.5 Å². The molecule has 4 N–H and O–H groups in total. The normalized spacial score (nSPS) is 17.9. The van der Waals surface area contributed by atoms with Gasteiger partial charge in [0.25, 0.3) is 5.91 Å². The first-order valence-corrected chi connectivity index (χ1v) is 12.0. The molecule has 0 bridgehead atoms. The van der Waals surface area contributed by atoms with E-state index in [4.69, 9.17) is 10.5 Å². The Balaban J connectivity index is 1.50. The molecule has 36 heavy (non-hydrogen) atoms. The number of piperidine rings is 1. The lowest BCUT2D eigenvalue weighted by Gasteiger charge is -2.34. The number of fused-ring (bicyclic) bond motifs is 1. The van der Waals surface area contributed by atoms with E-state index in [2.05, 4.69) is 25.8 Å². The summed E-state index contributed by atoms with van der Waals surface area (Å²) in [6, 6.07) is 5.45. The van der Waals surface area contributed by atoms with Crippen molar-refractivity contribution in [3.8, 4) is 0 Å². The first-order valence-electron chi connectivity index (χ1n) is 12.0. The molecule has 0 unspecified atom stereocenters. The molecule has 2 aliphatic heterocycles. The van der Waals surface area contributed by atoms with E-state index in [0.29, 0.717) is 31.6 Å². The molecule has 0 aliphatic carbocycles. The Morgan fingerprint density at radius 2 is 1.97 bits per heavy atom. The van der Waals surface area contributed by atoms with Gasteiger partial charge in [-0.2, -0.15) is 4.98 Å². The van der Waals surface area contributed by atoms with Crippen molar-refractivity contribution in [1.82, 2.24) is 20.1 Å². The van der Waals surface area contributed by atoms with Gasteiger partial charge >= 0.3 is 6.09 Å². The van der Waals surface area contributed by atoms with Gasteiger partial charge in [-0.3, -0.25) is 9.59 Å². The molecule has 4 rings (SSSR count). The highest BCUT2D eigenvalue weighted by atomic mass is 16.6. The summed E-state index contributed by atoms with van der Waals surface area (Å²) in [5.74, 6) is -0.314. The number of nitrogens with one attached hydrogen (secondary N) is 2. The maximum Gasteiger partial charge on any atom is 0.410 e. The molecule has 0 spiro atoms. The van der Waals surface area contributed by atoms with Crippen molar-refractivity contribution in [2.24, 2.45) is 5.73 Å². The van der Waals surface area contributed by atoms with Crippen LogP contribution in [0.1, 0.15) is 56.1 Å². The molecule has 2 aliphatic rings. The number of ether oxygens (including phenoxy) is 1. The van der Waals surface area contributed by atoms with Gasteiger partial charge in [-0.25, -0.2) is 4.79 Å². The Bertz CT molecular complexity index is 1180. The van der Waals surface area contributed by atoms with E-state index in [-0.39, 0.29) is 35.5 Å². The van der Waals surface area contributed by atoms with Gasteiger partial charge in [-0.15, -0.1) is 10.2 Å². The lowest BCUT2D eigenvalue weighted by Crippen LogP contribution is -2.47. The van der Waals surface area contributed by atoms with Crippen LogP contribution in [0, 0.1) is 0 Å². The first kappa shape index (κ1) is 25.1. The maximum absolute atomic E-state index is 12.5. The summed E-state index contributed by atoms with van der Waals surface area (Å²) in [4.78, 5) is 44.2. The van der Waals surface area contributed by atoms with Gasteiger partial charge in [0.05, 0.1) is 0 Å². The van der Waals surface area contributed by atoms with Gasteiger partial charge in [0.15, 0.2) is 11.5 Å². The van der Waals surface area contributed by atoms with Crippen LogP contribution in [0.15, 0.2) is 18.2 Å². The van der Waals surface area contributed by atoms with E-state index in [1.54, 1.807) is 22.9 Å². The number of carbonyl (C=O) groups is 3. The van der Waals surface area contributed by atoms with Gasteiger partial charge < -0.3 is 30.9 Å². The highest BCUT2D eigenvalue weighted by molar-refractivity contribution is 5.97. The summed E-state index contributed by atoms with van der Waals surface area (Å²) in [5.41, 5.74) is 7.38. The Morgan fingerprint density at radius 1 is 1.19 bits per heavy atom. The lowest BCUT2D eigenvalue weighted by molar-refractivity contribution is -0.118. The van der Waals surface area contributed by atoms with Gasteiger partial charge in [0.2, 0.25) is 11.9 Å². The summed E-state index contributed by atoms with van der Waals surface area (Å²) in [5, 5.41) is 14.3. The molecule has 1 aromatic carbocycles. The van der Waals surface area contributed by atoms with Crippen molar-refractivity contribution < 1.29 is 19.1 Å². The molecule has 2 aromatic rings. The zero-order chi connectivity index (χ0) is 26.0. The number of likely N-dealkylation sites (tertiary alicyclic amines) is 1. The molecule has 0 saturated carbocycles. The van der Waals surface area contributed by atoms with Crippen molar-refractivity contribution in [1.29, 1.82) is 0 Å². The van der Waals surface area contributed by atoms with E-state index >= 15 is 0 Å². The molecule has 3 heterocycles. The number of hydrogen-bond donors (Lipinski definition) is 3. The second-order valence-electron chi connectivity index (χ2n) is 10.0. The van der Waals surface area contributed by atoms with Crippen LogP contribution in [0.25, 0.3) is 0 Å². The number of nitrogens with zero attached hydrogens (tertiary/aromatic N) is 5. The number of aromatic nitrogens is 3. The van der Waals surface area contributed by atoms with Crippen molar-refractivity contribution in [3.05, 3.63) is 29.5 Å². The third-order valence-electron chi connectivity index (χ3n) is 6.01. The number of rotatable bonds is 5. The Kier molecular flexibility index (Phi) is 6.95. The summed E-state index contributed by atoms with van der Waals surface area (Å²) in [7, 11) is 1.75. The number of nitrogens with two attached hydrogens (primary N) is 1. The second kappa shape index (κ2) is 9.96. The van der Waals surface area contributed by atoms with Crippen molar-refractivity contribution in [2.45, 2.75) is 58.1 Å². The predicted molar refractivity (Wildman–Crippen MR) is 134 cm³/mol. The van der Waals surface area contributed by atoms with Crippen LogP contribution in [0.5, 0.6) is 0 Å². The Morgan fingerprint density at radius 3 is 2.69 bits per heavy atom. The molecule has 1 saturated heterocycles. The number of amides is 3. The third-order valence-corrected chi connectivity index (χ3v) is 6.01. The molecule has 1 fully saturated rings. The summed E-state index contributed by atoms with van der Waals surface area (Å²) < 4.78 is 5.49. The molecule has 3 amide bonds. The standard InChI is InChI=1S/C24H32N8O4/c1-24(2,3)36-23(35)32-11-5-6-16(13-32)27-22-28-21(19(20(25)34)29-30-22)26-15-8-9-17-14(12-15)7-10-18(33)31(17)4/h8-9,12,16H,5-7,10-11,13H2,1-4H3,(H2,25,34)(H2,26,27,28,30)/t16-/m1/s1. The number of benzene rings is 1. The van der Waals surface area contributed by atoms with Crippen LogP contribution in [-0.4, -0.2) is 69.8 Å². The average Bonchev–Trinajstić information content (AvgIpc) is 2.80. The maximum atomic E-state index is 12.5. The van der Waals surface area contributed by atoms with Crippen molar-refractivity contribution in [2.75, 3.05) is 35.7 Å².